The smallest absolute Gasteiger partial charge is 0.238 e. The quantitative estimate of drug-likeness (QED) is 0.738. The Morgan fingerprint density at radius 2 is 1.75 bits per heavy atom. The number of ether oxygens (including phenoxy) is 2. The lowest BCUT2D eigenvalue weighted by molar-refractivity contribution is -0.144. The average molecular weight is 334 g/mol. The zero-order valence-electron chi connectivity index (χ0n) is 14.8. The third-order valence-electron chi connectivity index (χ3n) is 4.55. The lowest BCUT2D eigenvalue weighted by atomic mass is 10.0. The fourth-order valence-corrected chi connectivity index (χ4v) is 2.82. The number of carbonyl (C=O) groups excluding carboxylic acids is 2. The molecule has 1 N–H and O–H groups in total. The molecule has 0 spiro atoms. The number of hydrogen-bond donors (Lipinski definition) is 1. The molecule has 1 aromatic carbocycles. The Hall–Kier alpha value is -2.24. The second kappa shape index (κ2) is 7.55. The summed E-state index contributed by atoms with van der Waals surface area (Å²) in [6.07, 6.45) is 1.25. The number of amides is 2. The van der Waals surface area contributed by atoms with Gasteiger partial charge in [-0.15, -0.1) is 0 Å². The fraction of sp³-hybridized carbons (Fsp3) is 0.556. The zero-order valence-corrected chi connectivity index (χ0v) is 14.8. The highest BCUT2D eigenvalue weighted by Gasteiger charge is 2.57. The lowest BCUT2D eigenvalue weighted by Gasteiger charge is -2.24. The van der Waals surface area contributed by atoms with Gasteiger partial charge in [0.1, 0.15) is 5.41 Å². The van der Waals surface area contributed by atoms with Crippen LogP contribution in [-0.2, 0) is 16.1 Å². The van der Waals surface area contributed by atoms with E-state index in [1.54, 1.807) is 25.2 Å². The summed E-state index contributed by atoms with van der Waals surface area (Å²) >= 11 is 0. The normalized spacial score (nSPS) is 14.7. The third kappa shape index (κ3) is 3.47. The van der Waals surface area contributed by atoms with Crippen LogP contribution in [0.15, 0.2) is 18.2 Å². The second-order valence-corrected chi connectivity index (χ2v) is 5.93. The summed E-state index contributed by atoms with van der Waals surface area (Å²) in [5.74, 6) is 1.01. The maximum Gasteiger partial charge on any atom is 0.238 e. The molecule has 2 rings (SSSR count). The van der Waals surface area contributed by atoms with Crippen molar-refractivity contribution in [2.75, 3.05) is 27.3 Å². The number of carbonyl (C=O) groups is 2. The summed E-state index contributed by atoms with van der Waals surface area (Å²) in [4.78, 5) is 26.8. The van der Waals surface area contributed by atoms with Gasteiger partial charge in [-0.2, -0.15) is 0 Å². The highest BCUT2D eigenvalue weighted by atomic mass is 16.5. The van der Waals surface area contributed by atoms with E-state index in [4.69, 9.17) is 9.47 Å². The van der Waals surface area contributed by atoms with Gasteiger partial charge >= 0.3 is 0 Å². The van der Waals surface area contributed by atoms with E-state index >= 15 is 0 Å². The van der Waals surface area contributed by atoms with E-state index in [9.17, 15) is 9.59 Å². The molecule has 0 aromatic heterocycles. The van der Waals surface area contributed by atoms with E-state index < -0.39 is 5.41 Å². The minimum atomic E-state index is -0.859. The zero-order chi connectivity index (χ0) is 17.7. The molecule has 0 atom stereocenters. The standard InChI is InChI=1S/C18H26N2O4/c1-5-20(6-2)17(22)18(9-10-18)16(21)19-12-13-7-8-14(23-3)15(11-13)24-4/h7-8,11H,5-6,9-10,12H2,1-4H3,(H,19,21). The van der Waals surface area contributed by atoms with E-state index in [0.717, 1.165) is 5.56 Å². The minimum absolute atomic E-state index is 0.0580. The van der Waals surface area contributed by atoms with E-state index in [1.165, 1.54) is 0 Å². The largest absolute Gasteiger partial charge is 0.493 e. The van der Waals surface area contributed by atoms with Crippen molar-refractivity contribution in [3.05, 3.63) is 23.8 Å². The average Bonchev–Trinajstić information content (AvgIpc) is 3.42. The van der Waals surface area contributed by atoms with Gasteiger partial charge in [-0.3, -0.25) is 9.59 Å². The first-order valence-corrected chi connectivity index (χ1v) is 8.31. The second-order valence-electron chi connectivity index (χ2n) is 5.93. The molecule has 0 heterocycles. The van der Waals surface area contributed by atoms with Crippen molar-refractivity contribution >= 4 is 11.8 Å². The topological polar surface area (TPSA) is 67.9 Å². The van der Waals surface area contributed by atoms with Crippen LogP contribution in [0.5, 0.6) is 11.5 Å². The Morgan fingerprint density at radius 3 is 2.25 bits per heavy atom. The van der Waals surface area contributed by atoms with Gasteiger partial charge in [-0.05, 0) is 44.4 Å². The summed E-state index contributed by atoms with van der Waals surface area (Å²) in [6, 6.07) is 5.49. The molecule has 0 aliphatic heterocycles. The van der Waals surface area contributed by atoms with Crippen LogP contribution >= 0.6 is 0 Å². The molecule has 1 fully saturated rings. The molecule has 1 aliphatic carbocycles. The molecule has 0 saturated heterocycles. The summed E-state index contributed by atoms with van der Waals surface area (Å²) < 4.78 is 10.5. The van der Waals surface area contributed by atoms with E-state index in [1.807, 2.05) is 26.0 Å². The van der Waals surface area contributed by atoms with Gasteiger partial charge in [0, 0.05) is 19.6 Å². The third-order valence-corrected chi connectivity index (χ3v) is 4.55. The summed E-state index contributed by atoms with van der Waals surface area (Å²) in [5.41, 5.74) is 0.0369. The van der Waals surface area contributed by atoms with Gasteiger partial charge in [0.05, 0.1) is 14.2 Å². The number of nitrogens with one attached hydrogen (secondary N) is 1. The van der Waals surface area contributed by atoms with Crippen molar-refractivity contribution in [3.63, 3.8) is 0 Å². The Morgan fingerprint density at radius 1 is 1.12 bits per heavy atom. The van der Waals surface area contributed by atoms with Gasteiger partial charge < -0.3 is 19.7 Å². The van der Waals surface area contributed by atoms with Crippen LogP contribution in [0.3, 0.4) is 0 Å². The Balaban J connectivity index is 2.02. The summed E-state index contributed by atoms with van der Waals surface area (Å²) in [7, 11) is 3.15. The minimum Gasteiger partial charge on any atom is -0.493 e. The molecule has 0 bridgehead atoms. The highest BCUT2D eigenvalue weighted by Crippen LogP contribution is 2.47. The van der Waals surface area contributed by atoms with Gasteiger partial charge in [-0.25, -0.2) is 0 Å². The molecule has 132 valence electrons. The van der Waals surface area contributed by atoms with Crippen molar-refractivity contribution in [1.82, 2.24) is 10.2 Å². The molecule has 0 radical (unpaired) electrons. The van der Waals surface area contributed by atoms with E-state index in [2.05, 4.69) is 5.32 Å². The number of hydrogen-bond acceptors (Lipinski definition) is 4. The van der Waals surface area contributed by atoms with Crippen molar-refractivity contribution in [3.8, 4) is 11.5 Å². The Kier molecular flexibility index (Phi) is 5.70. The molecule has 6 nitrogen and oxygen atoms in total. The van der Waals surface area contributed by atoms with E-state index in [0.29, 0.717) is 44.0 Å². The first-order valence-electron chi connectivity index (χ1n) is 8.31. The van der Waals surface area contributed by atoms with Gasteiger partial charge in [0.25, 0.3) is 0 Å². The summed E-state index contributed by atoms with van der Waals surface area (Å²) in [6.45, 7) is 5.46. The van der Waals surface area contributed by atoms with Crippen molar-refractivity contribution in [2.45, 2.75) is 33.2 Å². The van der Waals surface area contributed by atoms with Crippen LogP contribution in [-0.4, -0.2) is 44.0 Å². The molecular formula is C18H26N2O4. The first-order chi connectivity index (χ1) is 11.5. The number of nitrogens with zero attached hydrogens (tertiary/aromatic N) is 1. The van der Waals surface area contributed by atoms with Crippen LogP contribution < -0.4 is 14.8 Å². The molecular weight excluding hydrogens is 308 g/mol. The van der Waals surface area contributed by atoms with Crippen LogP contribution in [0.2, 0.25) is 0 Å². The predicted molar refractivity (Wildman–Crippen MR) is 91.0 cm³/mol. The maximum absolute atomic E-state index is 12.6. The fourth-order valence-electron chi connectivity index (χ4n) is 2.82. The summed E-state index contributed by atoms with van der Waals surface area (Å²) in [5, 5.41) is 2.89. The predicted octanol–water partition coefficient (Wildman–Crippen LogP) is 1.97. The maximum atomic E-state index is 12.6. The van der Waals surface area contributed by atoms with Crippen LogP contribution in [0.4, 0.5) is 0 Å². The molecule has 2 amide bonds. The van der Waals surface area contributed by atoms with Crippen molar-refractivity contribution in [2.24, 2.45) is 5.41 Å². The Bertz CT molecular complexity index is 607. The molecule has 6 heteroatoms. The molecule has 24 heavy (non-hydrogen) atoms. The van der Waals surface area contributed by atoms with Gasteiger partial charge in [-0.1, -0.05) is 6.07 Å². The van der Waals surface area contributed by atoms with Crippen molar-refractivity contribution < 1.29 is 19.1 Å². The number of rotatable bonds is 8. The van der Waals surface area contributed by atoms with Crippen LogP contribution in [0, 0.1) is 5.41 Å². The van der Waals surface area contributed by atoms with Gasteiger partial charge in [0.2, 0.25) is 11.8 Å². The first kappa shape index (κ1) is 18.1. The molecule has 0 unspecified atom stereocenters. The number of benzene rings is 1. The van der Waals surface area contributed by atoms with E-state index in [-0.39, 0.29) is 11.8 Å². The van der Waals surface area contributed by atoms with Gasteiger partial charge in [0.15, 0.2) is 11.5 Å². The molecule has 1 aliphatic rings. The SMILES string of the molecule is CCN(CC)C(=O)C1(C(=O)NCc2ccc(OC)c(OC)c2)CC1. The molecule has 1 saturated carbocycles. The monoisotopic (exact) mass is 334 g/mol. The molecule has 1 aromatic rings. The highest BCUT2D eigenvalue weighted by molar-refractivity contribution is 6.07. The Labute approximate surface area is 143 Å². The van der Waals surface area contributed by atoms with Crippen LogP contribution in [0.25, 0.3) is 0 Å². The number of methoxy groups -OCH3 is 2. The lowest BCUT2D eigenvalue weighted by Crippen LogP contribution is -2.45. The van der Waals surface area contributed by atoms with Crippen molar-refractivity contribution in [1.29, 1.82) is 0 Å². The van der Waals surface area contributed by atoms with Crippen LogP contribution in [0.1, 0.15) is 32.3 Å².